The van der Waals surface area contributed by atoms with Crippen LogP contribution >= 0.6 is 0 Å². The van der Waals surface area contributed by atoms with Crippen molar-refractivity contribution in [3.05, 3.63) is 120 Å². The van der Waals surface area contributed by atoms with E-state index in [1.165, 1.54) is 17.7 Å². The molecule has 0 bridgehead atoms. The van der Waals surface area contributed by atoms with Gasteiger partial charge in [0.05, 0.1) is 0 Å². The average Bonchev–Trinajstić information content (AvgIpc) is 2.78. The zero-order valence-electron chi connectivity index (χ0n) is 20.9. The number of allylic oxidation sites excluding steroid dienone is 4. The number of hydrogen-bond acceptors (Lipinski definition) is 0. The molecule has 3 aromatic rings. The maximum Gasteiger partial charge on any atom is 0.270 e. The monoisotopic (exact) mass is 480 g/mol. The first-order valence-electron chi connectivity index (χ1n) is 11.3. The molecule has 0 fully saturated rings. The molecule has 0 radical (unpaired) electrons. The quantitative estimate of drug-likeness (QED) is 0.187. The van der Waals surface area contributed by atoms with Gasteiger partial charge in [-0.15, -0.1) is 6.58 Å². The number of hydrogen-bond donors (Lipinski definition) is 0. The van der Waals surface area contributed by atoms with Crippen LogP contribution in [0.25, 0.3) is 22.3 Å². The fraction of sp³-hybridized carbons (Fsp3) is 0.226. The third-order valence-electron chi connectivity index (χ3n) is 5.50. The summed E-state index contributed by atoms with van der Waals surface area (Å²) in [6, 6.07) is 18.6. The predicted octanol–water partition coefficient (Wildman–Crippen LogP) is 10.2. The van der Waals surface area contributed by atoms with Crippen molar-refractivity contribution < 1.29 is 17.6 Å². The summed E-state index contributed by atoms with van der Waals surface area (Å²) in [7, 11) is 0. The Hall–Kier alpha value is -3.40. The van der Waals surface area contributed by atoms with Gasteiger partial charge in [-0.05, 0) is 77.9 Å². The highest BCUT2D eigenvalue weighted by Gasteiger charge is 2.31. The van der Waals surface area contributed by atoms with Crippen LogP contribution < -0.4 is 0 Å². The van der Waals surface area contributed by atoms with E-state index in [0.29, 0.717) is 25.0 Å². The fourth-order valence-electron chi connectivity index (χ4n) is 3.62. The van der Waals surface area contributed by atoms with Crippen molar-refractivity contribution in [2.75, 3.05) is 0 Å². The maximum atomic E-state index is 13.9. The van der Waals surface area contributed by atoms with E-state index in [4.69, 9.17) is 0 Å². The van der Waals surface area contributed by atoms with Gasteiger partial charge < -0.3 is 0 Å². The van der Waals surface area contributed by atoms with Gasteiger partial charge in [-0.2, -0.15) is 0 Å². The summed E-state index contributed by atoms with van der Waals surface area (Å²) in [6.45, 7) is 14.9. The van der Waals surface area contributed by atoms with Crippen LogP contribution in [0.2, 0.25) is 0 Å². The highest BCUT2D eigenvalue weighted by molar-refractivity contribution is 5.83. The zero-order chi connectivity index (χ0) is 26.4. The van der Waals surface area contributed by atoms with Crippen LogP contribution in [-0.2, 0) is 11.8 Å². The third kappa shape index (κ3) is 7.54. The van der Waals surface area contributed by atoms with Crippen LogP contribution in [-0.4, -0.2) is 0 Å². The molecule has 0 aliphatic rings. The van der Waals surface area contributed by atoms with Crippen molar-refractivity contribution in [1.29, 1.82) is 0 Å². The summed E-state index contributed by atoms with van der Waals surface area (Å²) in [5.74, 6) is -6.44. The van der Waals surface area contributed by atoms with E-state index < -0.39 is 23.0 Å². The molecule has 0 saturated heterocycles. The molecular formula is C31H32F4. The van der Waals surface area contributed by atoms with Gasteiger partial charge in [0.25, 0.3) is 11.8 Å². The largest absolute Gasteiger partial charge is 0.270 e. The number of benzene rings is 3. The first-order chi connectivity index (χ1) is 16.3. The molecule has 3 rings (SSSR count). The topological polar surface area (TPSA) is 0 Å². The molecule has 184 valence electrons. The minimum absolute atomic E-state index is 0.323. The summed E-state index contributed by atoms with van der Waals surface area (Å²) in [6.07, 6.45) is 3.74. The van der Waals surface area contributed by atoms with Crippen molar-refractivity contribution in [2.45, 2.75) is 46.5 Å². The Morgan fingerprint density at radius 1 is 0.800 bits per heavy atom. The van der Waals surface area contributed by atoms with E-state index in [-0.39, 0.29) is 0 Å². The minimum Gasteiger partial charge on any atom is -0.202 e. The second-order valence-electron chi connectivity index (χ2n) is 8.73. The molecule has 0 heterocycles. The van der Waals surface area contributed by atoms with Gasteiger partial charge in [0.1, 0.15) is 0 Å². The second kappa shape index (κ2) is 11.4. The van der Waals surface area contributed by atoms with Gasteiger partial charge >= 0.3 is 0 Å². The van der Waals surface area contributed by atoms with Crippen LogP contribution in [0.1, 0.15) is 55.5 Å². The number of halogens is 4. The SMILES string of the molecule is C=C(/C=C(/C)c1ccccc1C)c1ccc(-c2cc(C(C)(F)F)cc(C(C)(F)F)c2)cc1.C=CC. The van der Waals surface area contributed by atoms with Crippen LogP contribution in [0.4, 0.5) is 17.6 Å². The Bertz CT molecular complexity index is 1170. The highest BCUT2D eigenvalue weighted by Crippen LogP contribution is 2.37. The Morgan fingerprint density at radius 2 is 1.29 bits per heavy atom. The average molecular weight is 481 g/mol. The Labute approximate surface area is 206 Å². The first kappa shape index (κ1) is 27.8. The van der Waals surface area contributed by atoms with E-state index in [9.17, 15) is 17.6 Å². The van der Waals surface area contributed by atoms with Crippen molar-refractivity contribution in [3.8, 4) is 11.1 Å². The summed E-state index contributed by atoms with van der Waals surface area (Å²) in [5, 5.41) is 0. The summed E-state index contributed by atoms with van der Waals surface area (Å²) in [4.78, 5) is 0. The molecule has 35 heavy (non-hydrogen) atoms. The Kier molecular flexibility index (Phi) is 9.03. The normalized spacial score (nSPS) is 12.0. The van der Waals surface area contributed by atoms with Gasteiger partial charge in [0, 0.05) is 25.0 Å². The molecule has 0 aliphatic heterocycles. The molecule has 3 aromatic carbocycles. The number of alkyl halides is 4. The van der Waals surface area contributed by atoms with Crippen molar-refractivity contribution in [1.82, 2.24) is 0 Å². The van der Waals surface area contributed by atoms with E-state index in [1.54, 1.807) is 18.2 Å². The zero-order valence-corrected chi connectivity index (χ0v) is 20.9. The van der Waals surface area contributed by atoms with Gasteiger partial charge in [-0.3, -0.25) is 0 Å². The summed E-state index contributed by atoms with van der Waals surface area (Å²) in [5.41, 5.74) is 5.07. The molecule has 0 atom stereocenters. The lowest BCUT2D eigenvalue weighted by atomic mass is 9.93. The maximum absolute atomic E-state index is 13.9. The van der Waals surface area contributed by atoms with Gasteiger partial charge in [0.2, 0.25) is 0 Å². The molecular weight excluding hydrogens is 448 g/mol. The lowest BCUT2D eigenvalue weighted by Crippen LogP contribution is -2.12. The third-order valence-corrected chi connectivity index (χ3v) is 5.50. The van der Waals surface area contributed by atoms with Crippen LogP contribution in [0.15, 0.2) is 92.0 Å². The smallest absolute Gasteiger partial charge is 0.202 e. The van der Waals surface area contributed by atoms with E-state index in [1.807, 2.05) is 57.2 Å². The summed E-state index contributed by atoms with van der Waals surface area (Å²) < 4.78 is 55.7. The summed E-state index contributed by atoms with van der Waals surface area (Å²) >= 11 is 0. The van der Waals surface area contributed by atoms with Crippen LogP contribution in [0.5, 0.6) is 0 Å². The fourth-order valence-corrected chi connectivity index (χ4v) is 3.62. The van der Waals surface area contributed by atoms with Crippen molar-refractivity contribution in [3.63, 3.8) is 0 Å². The predicted molar refractivity (Wildman–Crippen MR) is 141 cm³/mol. The molecule has 4 heteroatoms. The van der Waals surface area contributed by atoms with E-state index in [2.05, 4.69) is 19.2 Å². The lowest BCUT2D eigenvalue weighted by Gasteiger charge is -2.18. The molecule has 0 N–H and O–H groups in total. The molecule has 0 amide bonds. The minimum atomic E-state index is -3.22. The molecule has 0 unspecified atom stereocenters. The Balaban J connectivity index is 0.00000137. The molecule has 0 saturated carbocycles. The van der Waals surface area contributed by atoms with Gasteiger partial charge in [0.15, 0.2) is 0 Å². The molecule has 0 nitrogen and oxygen atoms in total. The van der Waals surface area contributed by atoms with Crippen molar-refractivity contribution >= 4 is 11.1 Å². The number of aryl methyl sites for hydroxylation is 1. The van der Waals surface area contributed by atoms with E-state index >= 15 is 0 Å². The highest BCUT2D eigenvalue weighted by atomic mass is 19.3. The lowest BCUT2D eigenvalue weighted by molar-refractivity contribution is 0.0106. The second-order valence-corrected chi connectivity index (χ2v) is 8.73. The molecule has 0 spiro atoms. The first-order valence-corrected chi connectivity index (χ1v) is 11.3. The molecule has 0 aromatic heterocycles. The Morgan fingerprint density at radius 3 is 1.74 bits per heavy atom. The number of rotatable bonds is 6. The van der Waals surface area contributed by atoms with Crippen LogP contribution in [0.3, 0.4) is 0 Å². The van der Waals surface area contributed by atoms with Crippen LogP contribution in [0, 0.1) is 6.92 Å². The van der Waals surface area contributed by atoms with Crippen molar-refractivity contribution in [2.24, 2.45) is 0 Å². The standard InChI is InChI=1S/C28H26F4.C3H6/c1-18-8-6-7-9-26(18)20(3)14-19(2)21-10-12-22(13-11-21)23-15-24(27(4,29)30)17-25(16-23)28(5,31)32;1-3-2/h6-17H,2H2,1,3-5H3;3H,1H2,2H3/b20-14-;. The van der Waals surface area contributed by atoms with Gasteiger partial charge in [-0.1, -0.05) is 67.3 Å². The molecule has 0 aliphatic carbocycles. The van der Waals surface area contributed by atoms with E-state index in [0.717, 1.165) is 28.3 Å². The van der Waals surface area contributed by atoms with Gasteiger partial charge in [-0.25, -0.2) is 17.6 Å².